The molecule has 1 aliphatic rings. The van der Waals surface area contributed by atoms with E-state index in [1.165, 1.54) is 12.1 Å². The first kappa shape index (κ1) is 19.9. The molecule has 5 heteroatoms. The van der Waals surface area contributed by atoms with Gasteiger partial charge in [0.2, 0.25) is 5.91 Å². The van der Waals surface area contributed by atoms with Gasteiger partial charge in [-0.2, -0.15) is 0 Å². The van der Waals surface area contributed by atoms with Gasteiger partial charge in [-0.15, -0.1) is 0 Å². The van der Waals surface area contributed by atoms with E-state index in [9.17, 15) is 9.18 Å². The van der Waals surface area contributed by atoms with Crippen LogP contribution in [0.25, 0.3) is 0 Å². The van der Waals surface area contributed by atoms with Crippen molar-refractivity contribution in [1.82, 2.24) is 9.80 Å². The Labute approximate surface area is 150 Å². The topological polar surface area (TPSA) is 32.8 Å². The number of hydrogen-bond donors (Lipinski definition) is 0. The van der Waals surface area contributed by atoms with Crippen LogP contribution in [0, 0.1) is 11.2 Å². The third-order valence-electron chi connectivity index (χ3n) is 6.47. The molecule has 0 bridgehead atoms. The van der Waals surface area contributed by atoms with Gasteiger partial charge in [-0.25, -0.2) is 4.39 Å². The van der Waals surface area contributed by atoms with E-state index in [1.807, 2.05) is 14.0 Å². The molecule has 0 aromatic heterocycles. The molecular formula is C20H31FN2O2. The second-order valence-corrected chi connectivity index (χ2v) is 8.02. The Morgan fingerprint density at radius 2 is 1.84 bits per heavy atom. The number of halogens is 1. The van der Waals surface area contributed by atoms with E-state index in [0.717, 1.165) is 12.0 Å². The van der Waals surface area contributed by atoms with Gasteiger partial charge < -0.3 is 9.64 Å². The standard InChI is InChI=1S/C20H31FN2O2/c1-14(15-8-10-16(21)11-9-15)23(6)18(24)13-22(5)17-12-20(4,25-7)19(17,2)3/h8-11,14,17H,12-13H2,1-7H3/t14-,17+,20-/m1/s1. The van der Waals surface area contributed by atoms with Crippen LogP contribution in [0.5, 0.6) is 0 Å². The Bertz CT molecular complexity index is 617. The molecule has 0 radical (unpaired) electrons. The highest BCUT2D eigenvalue weighted by molar-refractivity contribution is 5.78. The molecule has 1 saturated carbocycles. The molecule has 25 heavy (non-hydrogen) atoms. The summed E-state index contributed by atoms with van der Waals surface area (Å²) < 4.78 is 18.8. The van der Waals surface area contributed by atoms with E-state index in [1.54, 1.807) is 31.2 Å². The van der Waals surface area contributed by atoms with Crippen molar-refractivity contribution in [2.45, 2.75) is 51.8 Å². The number of amides is 1. The third-order valence-corrected chi connectivity index (χ3v) is 6.47. The Hall–Kier alpha value is -1.46. The van der Waals surface area contributed by atoms with Gasteiger partial charge in [-0.05, 0) is 45.0 Å². The minimum absolute atomic E-state index is 0.0159. The molecule has 0 aliphatic heterocycles. The fourth-order valence-corrected chi connectivity index (χ4v) is 3.78. The molecule has 4 nitrogen and oxygen atoms in total. The van der Waals surface area contributed by atoms with Crippen LogP contribution in [0.1, 0.15) is 45.7 Å². The summed E-state index contributed by atoms with van der Waals surface area (Å²) in [5.41, 5.74) is 0.760. The Kier molecular flexibility index (Phi) is 5.59. The Morgan fingerprint density at radius 3 is 2.32 bits per heavy atom. The molecule has 1 amide bonds. The van der Waals surface area contributed by atoms with Crippen LogP contribution < -0.4 is 0 Å². The zero-order valence-corrected chi connectivity index (χ0v) is 16.5. The molecule has 1 aromatic carbocycles. The minimum atomic E-state index is -0.266. The molecule has 0 unspecified atom stereocenters. The summed E-state index contributed by atoms with van der Waals surface area (Å²) in [6.45, 7) is 8.82. The van der Waals surface area contributed by atoms with E-state index in [0.29, 0.717) is 12.6 Å². The first-order valence-corrected chi connectivity index (χ1v) is 8.80. The van der Waals surface area contributed by atoms with Crippen LogP contribution >= 0.6 is 0 Å². The molecule has 0 saturated heterocycles. The number of methoxy groups -OCH3 is 1. The molecular weight excluding hydrogens is 319 g/mol. The molecule has 2 rings (SSSR count). The molecule has 0 heterocycles. The van der Waals surface area contributed by atoms with Crippen molar-refractivity contribution >= 4 is 5.91 Å². The predicted octanol–water partition coefficient (Wildman–Crippen LogP) is 3.48. The fourth-order valence-electron chi connectivity index (χ4n) is 3.78. The van der Waals surface area contributed by atoms with Crippen LogP contribution in [0.4, 0.5) is 4.39 Å². The maximum atomic E-state index is 13.1. The molecule has 1 aromatic rings. The van der Waals surface area contributed by atoms with Crippen LogP contribution in [0.3, 0.4) is 0 Å². The number of carbonyl (C=O) groups is 1. The van der Waals surface area contributed by atoms with E-state index >= 15 is 0 Å². The Morgan fingerprint density at radius 1 is 1.28 bits per heavy atom. The van der Waals surface area contributed by atoms with Gasteiger partial charge in [0, 0.05) is 25.6 Å². The molecule has 0 spiro atoms. The number of hydrogen-bond acceptors (Lipinski definition) is 3. The quantitative estimate of drug-likeness (QED) is 0.787. The van der Waals surface area contributed by atoms with Crippen LogP contribution in [0.2, 0.25) is 0 Å². The smallest absolute Gasteiger partial charge is 0.236 e. The SMILES string of the molecule is CO[C@]1(C)C[C@H](N(C)CC(=O)N(C)[C@H](C)c2ccc(F)cc2)C1(C)C. The largest absolute Gasteiger partial charge is 0.378 e. The van der Waals surface area contributed by atoms with Gasteiger partial charge in [-0.3, -0.25) is 9.69 Å². The first-order valence-electron chi connectivity index (χ1n) is 8.80. The minimum Gasteiger partial charge on any atom is -0.378 e. The van der Waals surface area contributed by atoms with E-state index in [2.05, 4.69) is 25.7 Å². The summed E-state index contributed by atoms with van der Waals surface area (Å²) in [4.78, 5) is 16.5. The summed E-state index contributed by atoms with van der Waals surface area (Å²) in [6, 6.07) is 6.52. The highest BCUT2D eigenvalue weighted by atomic mass is 19.1. The van der Waals surface area contributed by atoms with Crippen molar-refractivity contribution in [2.24, 2.45) is 5.41 Å². The van der Waals surface area contributed by atoms with E-state index in [-0.39, 0.29) is 28.8 Å². The summed E-state index contributed by atoms with van der Waals surface area (Å²) >= 11 is 0. The number of carbonyl (C=O) groups excluding carboxylic acids is 1. The van der Waals surface area contributed by atoms with Gasteiger partial charge >= 0.3 is 0 Å². The second kappa shape index (κ2) is 7.04. The van der Waals surface area contributed by atoms with Crippen molar-refractivity contribution in [1.29, 1.82) is 0 Å². The fraction of sp³-hybridized carbons (Fsp3) is 0.650. The average molecular weight is 350 g/mol. The van der Waals surface area contributed by atoms with Gasteiger partial charge in [0.05, 0.1) is 18.2 Å². The van der Waals surface area contributed by atoms with Crippen molar-refractivity contribution in [3.05, 3.63) is 35.6 Å². The third kappa shape index (κ3) is 3.58. The number of benzene rings is 1. The van der Waals surface area contributed by atoms with E-state index in [4.69, 9.17) is 4.74 Å². The van der Waals surface area contributed by atoms with Gasteiger partial charge in [0.25, 0.3) is 0 Å². The monoisotopic (exact) mass is 350 g/mol. The lowest BCUT2D eigenvalue weighted by molar-refractivity contribution is -0.206. The normalized spacial score (nSPS) is 26.2. The summed E-state index contributed by atoms with van der Waals surface area (Å²) in [5, 5.41) is 0. The van der Waals surface area contributed by atoms with Crippen molar-refractivity contribution in [2.75, 3.05) is 27.7 Å². The van der Waals surface area contributed by atoms with Crippen LogP contribution in [-0.4, -0.2) is 55.1 Å². The number of nitrogens with zero attached hydrogens (tertiary/aromatic N) is 2. The van der Waals surface area contributed by atoms with Crippen molar-refractivity contribution < 1.29 is 13.9 Å². The summed E-state index contributed by atoms with van der Waals surface area (Å²) in [5.74, 6) is -0.209. The first-order chi connectivity index (χ1) is 11.5. The molecule has 3 atom stereocenters. The number of rotatable bonds is 6. The molecule has 140 valence electrons. The summed E-state index contributed by atoms with van der Waals surface area (Å²) in [7, 11) is 5.55. The average Bonchev–Trinajstić information content (AvgIpc) is 2.58. The van der Waals surface area contributed by atoms with Crippen LogP contribution in [0.15, 0.2) is 24.3 Å². The van der Waals surface area contributed by atoms with Crippen molar-refractivity contribution in [3.63, 3.8) is 0 Å². The molecule has 1 fully saturated rings. The van der Waals surface area contributed by atoms with E-state index < -0.39 is 0 Å². The van der Waals surface area contributed by atoms with Gasteiger partial charge in [-0.1, -0.05) is 26.0 Å². The van der Waals surface area contributed by atoms with Crippen molar-refractivity contribution in [3.8, 4) is 0 Å². The summed E-state index contributed by atoms with van der Waals surface area (Å²) in [6.07, 6.45) is 0.914. The van der Waals surface area contributed by atoms with Crippen LogP contribution in [-0.2, 0) is 9.53 Å². The maximum Gasteiger partial charge on any atom is 0.236 e. The second-order valence-electron chi connectivity index (χ2n) is 8.02. The number of likely N-dealkylation sites (N-methyl/N-ethyl adjacent to an activating group) is 2. The lowest BCUT2D eigenvalue weighted by atomic mass is 9.55. The van der Waals surface area contributed by atoms with Gasteiger partial charge in [0.1, 0.15) is 5.82 Å². The Balaban J connectivity index is 1.98. The van der Waals surface area contributed by atoms with Gasteiger partial charge in [0.15, 0.2) is 0 Å². The molecule has 0 N–H and O–H groups in total. The zero-order valence-electron chi connectivity index (χ0n) is 16.5. The highest BCUT2D eigenvalue weighted by Gasteiger charge is 2.59. The zero-order chi connectivity index (χ0) is 19.0. The highest BCUT2D eigenvalue weighted by Crippen LogP contribution is 2.53. The molecule has 1 aliphatic carbocycles. The predicted molar refractivity (Wildman–Crippen MR) is 97.8 cm³/mol. The lowest BCUT2D eigenvalue weighted by Crippen LogP contribution is -2.68. The lowest BCUT2D eigenvalue weighted by Gasteiger charge is -2.61. The number of ether oxygens (including phenoxy) is 1. The maximum absolute atomic E-state index is 13.1.